The zero-order valence-corrected chi connectivity index (χ0v) is 14.4. The lowest BCUT2D eigenvalue weighted by Gasteiger charge is -2.26. The van der Waals surface area contributed by atoms with Gasteiger partial charge in [0, 0.05) is 11.8 Å². The van der Waals surface area contributed by atoms with Crippen LogP contribution >= 0.6 is 0 Å². The summed E-state index contributed by atoms with van der Waals surface area (Å²) in [5.41, 5.74) is 0.587. The van der Waals surface area contributed by atoms with Gasteiger partial charge in [0.15, 0.2) is 17.3 Å². The molecular weight excluding hydrogens is 337 g/mol. The fourth-order valence-electron chi connectivity index (χ4n) is 3.17. The first kappa shape index (κ1) is 17.0. The van der Waals surface area contributed by atoms with Gasteiger partial charge in [0.05, 0.1) is 18.3 Å². The SMILES string of the molecule is O=C(Nc1ccc(OC2CCC2)c(F)c1)c1cn(C2CCNCC2)nn1. The molecule has 2 N–H and O–H groups in total. The molecule has 2 heterocycles. The molecule has 1 aliphatic heterocycles. The smallest absolute Gasteiger partial charge is 0.277 e. The molecule has 2 fully saturated rings. The molecule has 0 unspecified atom stereocenters. The van der Waals surface area contributed by atoms with Crippen LogP contribution in [0.25, 0.3) is 0 Å². The molecule has 0 radical (unpaired) electrons. The van der Waals surface area contributed by atoms with Crippen LogP contribution in [0.4, 0.5) is 10.1 Å². The molecule has 2 aliphatic rings. The van der Waals surface area contributed by atoms with E-state index in [0.717, 1.165) is 45.2 Å². The van der Waals surface area contributed by atoms with Crippen LogP contribution in [-0.4, -0.2) is 40.1 Å². The predicted molar refractivity (Wildman–Crippen MR) is 93.8 cm³/mol. The van der Waals surface area contributed by atoms with Gasteiger partial charge in [-0.25, -0.2) is 9.07 Å². The van der Waals surface area contributed by atoms with Crippen LogP contribution in [0, 0.1) is 5.82 Å². The fourth-order valence-corrected chi connectivity index (χ4v) is 3.17. The minimum Gasteiger partial charge on any atom is -0.487 e. The maximum absolute atomic E-state index is 14.2. The van der Waals surface area contributed by atoms with Crippen molar-refractivity contribution in [2.24, 2.45) is 0 Å². The van der Waals surface area contributed by atoms with Crippen LogP contribution in [0.3, 0.4) is 0 Å². The molecule has 138 valence electrons. The molecule has 7 nitrogen and oxygen atoms in total. The van der Waals surface area contributed by atoms with Crippen molar-refractivity contribution in [2.75, 3.05) is 18.4 Å². The lowest BCUT2D eigenvalue weighted by Crippen LogP contribution is -2.29. The van der Waals surface area contributed by atoms with E-state index in [1.165, 1.54) is 6.07 Å². The van der Waals surface area contributed by atoms with Crippen molar-refractivity contribution in [3.8, 4) is 5.75 Å². The van der Waals surface area contributed by atoms with Gasteiger partial charge in [-0.15, -0.1) is 5.10 Å². The van der Waals surface area contributed by atoms with E-state index < -0.39 is 11.7 Å². The van der Waals surface area contributed by atoms with Gasteiger partial charge in [0.1, 0.15) is 0 Å². The van der Waals surface area contributed by atoms with Gasteiger partial charge in [0.2, 0.25) is 0 Å². The summed E-state index contributed by atoms with van der Waals surface area (Å²) >= 11 is 0. The van der Waals surface area contributed by atoms with E-state index in [0.29, 0.717) is 5.69 Å². The summed E-state index contributed by atoms with van der Waals surface area (Å²) in [6, 6.07) is 4.70. The second-order valence-electron chi connectivity index (χ2n) is 6.84. The number of carbonyl (C=O) groups is 1. The number of amides is 1. The van der Waals surface area contributed by atoms with E-state index in [9.17, 15) is 9.18 Å². The molecule has 8 heteroatoms. The molecule has 1 aromatic carbocycles. The highest BCUT2D eigenvalue weighted by molar-refractivity contribution is 6.02. The first-order chi connectivity index (χ1) is 12.7. The Kier molecular flexibility index (Phi) is 4.83. The number of rotatable bonds is 5. The number of halogens is 1. The highest BCUT2D eigenvalue weighted by Gasteiger charge is 2.21. The summed E-state index contributed by atoms with van der Waals surface area (Å²) < 4.78 is 21.5. The van der Waals surface area contributed by atoms with Crippen LogP contribution in [0.1, 0.15) is 48.6 Å². The first-order valence-electron chi connectivity index (χ1n) is 9.09. The van der Waals surface area contributed by atoms with Crippen molar-refractivity contribution in [3.63, 3.8) is 0 Å². The third-order valence-corrected chi connectivity index (χ3v) is 4.96. The van der Waals surface area contributed by atoms with Gasteiger partial charge in [-0.1, -0.05) is 5.21 Å². The number of piperidine rings is 1. The molecule has 1 amide bonds. The van der Waals surface area contributed by atoms with Gasteiger partial charge < -0.3 is 15.4 Å². The van der Waals surface area contributed by atoms with Crippen molar-refractivity contribution in [1.29, 1.82) is 0 Å². The van der Waals surface area contributed by atoms with Gasteiger partial charge in [0.25, 0.3) is 5.91 Å². The van der Waals surface area contributed by atoms with Gasteiger partial charge >= 0.3 is 0 Å². The molecule has 0 bridgehead atoms. The Bertz CT molecular complexity index is 784. The molecule has 26 heavy (non-hydrogen) atoms. The Morgan fingerprint density at radius 3 is 2.77 bits per heavy atom. The van der Waals surface area contributed by atoms with E-state index in [2.05, 4.69) is 20.9 Å². The average molecular weight is 359 g/mol. The molecule has 1 saturated carbocycles. The van der Waals surface area contributed by atoms with Crippen molar-refractivity contribution in [3.05, 3.63) is 35.9 Å². The number of ether oxygens (including phenoxy) is 1. The van der Waals surface area contributed by atoms with Crippen LogP contribution < -0.4 is 15.4 Å². The molecular formula is C18H22FN5O2. The summed E-state index contributed by atoms with van der Waals surface area (Å²) in [6.45, 7) is 1.86. The van der Waals surface area contributed by atoms with Crippen LogP contribution in [0.5, 0.6) is 5.75 Å². The maximum atomic E-state index is 14.2. The molecule has 4 rings (SSSR count). The second kappa shape index (κ2) is 7.41. The monoisotopic (exact) mass is 359 g/mol. The van der Waals surface area contributed by atoms with E-state index in [1.807, 2.05) is 0 Å². The van der Waals surface area contributed by atoms with Crippen LogP contribution in [0.2, 0.25) is 0 Å². The number of hydrogen-bond donors (Lipinski definition) is 2. The van der Waals surface area contributed by atoms with E-state index in [-0.39, 0.29) is 23.6 Å². The number of carbonyl (C=O) groups excluding carboxylic acids is 1. The molecule has 0 atom stereocenters. The zero-order chi connectivity index (χ0) is 17.9. The van der Waals surface area contributed by atoms with Gasteiger partial charge in [-0.2, -0.15) is 0 Å². The third kappa shape index (κ3) is 3.70. The normalized spacial score (nSPS) is 18.3. The first-order valence-corrected chi connectivity index (χ1v) is 9.09. The fraction of sp³-hybridized carbons (Fsp3) is 0.500. The zero-order valence-electron chi connectivity index (χ0n) is 14.4. The maximum Gasteiger partial charge on any atom is 0.277 e. The largest absolute Gasteiger partial charge is 0.487 e. The number of hydrogen-bond acceptors (Lipinski definition) is 5. The highest BCUT2D eigenvalue weighted by Crippen LogP contribution is 2.28. The van der Waals surface area contributed by atoms with Crippen molar-refractivity contribution in [1.82, 2.24) is 20.3 Å². The Morgan fingerprint density at radius 2 is 2.08 bits per heavy atom. The summed E-state index contributed by atoms with van der Waals surface area (Å²) in [5, 5.41) is 14.0. The molecule has 0 spiro atoms. The minimum absolute atomic E-state index is 0.106. The highest BCUT2D eigenvalue weighted by atomic mass is 19.1. The molecule has 1 aliphatic carbocycles. The number of aromatic nitrogens is 3. The third-order valence-electron chi connectivity index (χ3n) is 4.96. The van der Waals surface area contributed by atoms with Crippen LogP contribution in [-0.2, 0) is 0 Å². The Hall–Kier alpha value is -2.48. The summed E-state index contributed by atoms with van der Waals surface area (Å²) in [5.74, 6) is -0.658. The summed E-state index contributed by atoms with van der Waals surface area (Å²) in [7, 11) is 0. The Morgan fingerprint density at radius 1 is 1.27 bits per heavy atom. The van der Waals surface area contributed by atoms with E-state index in [1.54, 1.807) is 23.0 Å². The van der Waals surface area contributed by atoms with Gasteiger partial charge in [-0.05, 0) is 57.3 Å². The summed E-state index contributed by atoms with van der Waals surface area (Å²) in [4.78, 5) is 12.3. The predicted octanol–water partition coefficient (Wildman–Crippen LogP) is 2.53. The minimum atomic E-state index is -0.479. The standard InChI is InChI=1S/C18H22FN5O2/c19-15-10-12(4-5-17(15)26-14-2-1-3-14)21-18(25)16-11-24(23-22-16)13-6-8-20-9-7-13/h4-5,10-11,13-14,20H,1-3,6-9H2,(H,21,25). The molecule has 1 aromatic heterocycles. The lowest BCUT2D eigenvalue weighted by molar-refractivity contribution is 0.102. The van der Waals surface area contributed by atoms with E-state index >= 15 is 0 Å². The van der Waals surface area contributed by atoms with Crippen molar-refractivity contribution in [2.45, 2.75) is 44.2 Å². The number of benzene rings is 1. The average Bonchev–Trinajstić information content (AvgIpc) is 3.10. The second-order valence-corrected chi connectivity index (χ2v) is 6.84. The van der Waals surface area contributed by atoms with Gasteiger partial charge in [-0.3, -0.25) is 4.79 Å². The number of nitrogens with one attached hydrogen (secondary N) is 2. The topological polar surface area (TPSA) is 81.1 Å². The Labute approximate surface area is 150 Å². The Balaban J connectivity index is 1.39. The molecule has 2 aromatic rings. The molecule has 1 saturated heterocycles. The van der Waals surface area contributed by atoms with Crippen LogP contribution in [0.15, 0.2) is 24.4 Å². The van der Waals surface area contributed by atoms with Crippen molar-refractivity contribution < 1.29 is 13.9 Å². The number of nitrogens with zero attached hydrogens (tertiary/aromatic N) is 3. The lowest BCUT2D eigenvalue weighted by atomic mass is 9.96. The quantitative estimate of drug-likeness (QED) is 0.857. The van der Waals surface area contributed by atoms with Crippen molar-refractivity contribution >= 4 is 11.6 Å². The summed E-state index contributed by atoms with van der Waals surface area (Å²) in [6.07, 6.45) is 6.72. The van der Waals surface area contributed by atoms with E-state index in [4.69, 9.17) is 4.74 Å². The number of anilines is 1.